The molecule has 3 rings (SSSR count). The molecule has 0 radical (unpaired) electrons. The molecule has 23 heavy (non-hydrogen) atoms. The van der Waals surface area contributed by atoms with Gasteiger partial charge in [0.2, 0.25) is 15.9 Å². The third-order valence-electron chi connectivity index (χ3n) is 5.10. The lowest BCUT2D eigenvalue weighted by Crippen LogP contribution is -2.39. The molecule has 0 aromatic heterocycles. The van der Waals surface area contributed by atoms with E-state index in [2.05, 4.69) is 6.92 Å². The van der Waals surface area contributed by atoms with Gasteiger partial charge in [-0.05, 0) is 56.4 Å². The molecule has 1 aromatic carbocycles. The van der Waals surface area contributed by atoms with Gasteiger partial charge in [0, 0.05) is 25.8 Å². The average molecular weight is 336 g/mol. The number of carbonyl (C=O) groups excluding carboxylic acids is 1. The predicted octanol–water partition coefficient (Wildman–Crippen LogP) is 2.36. The van der Waals surface area contributed by atoms with Gasteiger partial charge in [0.15, 0.2) is 0 Å². The number of fused-ring (bicyclic) bond motifs is 1. The number of amides is 1. The van der Waals surface area contributed by atoms with Gasteiger partial charge < -0.3 is 4.90 Å². The monoisotopic (exact) mass is 336 g/mol. The van der Waals surface area contributed by atoms with Crippen molar-refractivity contribution in [2.75, 3.05) is 25.0 Å². The van der Waals surface area contributed by atoms with E-state index in [-0.39, 0.29) is 5.91 Å². The summed E-state index contributed by atoms with van der Waals surface area (Å²) in [7, 11) is -1.77. The zero-order chi connectivity index (χ0) is 17.0. The molecule has 6 heteroatoms. The van der Waals surface area contributed by atoms with E-state index < -0.39 is 15.4 Å². The molecule has 5 nitrogen and oxygen atoms in total. The van der Waals surface area contributed by atoms with Crippen LogP contribution in [0.3, 0.4) is 0 Å². The summed E-state index contributed by atoms with van der Waals surface area (Å²) in [6.07, 6.45) is 1.97. The maximum absolute atomic E-state index is 12.9. The molecule has 2 aliphatic heterocycles. The standard InChI is InChI=1S/C17H24N2O3S/c1-12-6-5-9-19(11-12)23(21,22)13-7-8-15-14(10-13)17(2,3)16(20)18(15)4/h7-8,10,12H,5-6,9,11H2,1-4H3/t12-/m1/s1. The fourth-order valence-corrected chi connectivity index (χ4v) is 5.25. The quantitative estimate of drug-likeness (QED) is 0.833. The molecule has 0 bridgehead atoms. The Bertz CT molecular complexity index is 755. The number of rotatable bonds is 2. The Balaban J connectivity index is 2.03. The molecule has 2 heterocycles. The first-order chi connectivity index (χ1) is 10.7. The lowest BCUT2D eigenvalue weighted by atomic mass is 9.86. The largest absolute Gasteiger partial charge is 0.314 e. The summed E-state index contributed by atoms with van der Waals surface area (Å²) in [5.41, 5.74) is 0.896. The summed E-state index contributed by atoms with van der Waals surface area (Å²) >= 11 is 0. The van der Waals surface area contributed by atoms with Gasteiger partial charge in [-0.25, -0.2) is 8.42 Å². The summed E-state index contributed by atoms with van der Waals surface area (Å²) in [5, 5.41) is 0. The molecule has 0 aliphatic carbocycles. The summed E-state index contributed by atoms with van der Waals surface area (Å²) in [6, 6.07) is 5.06. The van der Waals surface area contributed by atoms with Gasteiger partial charge in [0.05, 0.1) is 10.3 Å². The van der Waals surface area contributed by atoms with Crippen LogP contribution in [0, 0.1) is 5.92 Å². The number of nitrogens with zero attached hydrogens (tertiary/aromatic N) is 2. The van der Waals surface area contributed by atoms with Crippen LogP contribution >= 0.6 is 0 Å². The summed E-state index contributed by atoms with van der Waals surface area (Å²) in [4.78, 5) is 14.3. The van der Waals surface area contributed by atoms with Gasteiger partial charge in [-0.1, -0.05) is 6.92 Å². The van der Waals surface area contributed by atoms with E-state index in [1.165, 1.54) is 0 Å². The van der Waals surface area contributed by atoms with Gasteiger partial charge in [0.1, 0.15) is 0 Å². The Morgan fingerprint density at radius 3 is 2.61 bits per heavy atom. The Morgan fingerprint density at radius 2 is 1.96 bits per heavy atom. The second-order valence-electron chi connectivity index (χ2n) is 7.28. The molecule has 0 N–H and O–H groups in total. The van der Waals surface area contributed by atoms with Crippen molar-refractivity contribution in [2.24, 2.45) is 5.92 Å². The first-order valence-corrected chi connectivity index (χ1v) is 9.52. The SMILES string of the molecule is C[C@@H]1CCCN(S(=O)(=O)c2ccc3c(c2)C(C)(C)C(=O)N3C)C1. The van der Waals surface area contributed by atoms with E-state index in [0.717, 1.165) is 24.1 Å². The molecule has 0 spiro atoms. The molecule has 1 atom stereocenters. The lowest BCUT2D eigenvalue weighted by molar-refractivity contribution is -0.121. The van der Waals surface area contributed by atoms with E-state index in [1.807, 2.05) is 13.8 Å². The highest BCUT2D eigenvalue weighted by Gasteiger charge is 2.43. The molecule has 1 aromatic rings. The molecule has 1 fully saturated rings. The van der Waals surface area contributed by atoms with Crippen molar-refractivity contribution in [3.63, 3.8) is 0 Å². The normalized spacial score (nSPS) is 24.8. The number of hydrogen-bond acceptors (Lipinski definition) is 3. The fourth-order valence-electron chi connectivity index (χ4n) is 3.63. The average Bonchev–Trinajstić information content (AvgIpc) is 2.68. The highest BCUT2D eigenvalue weighted by atomic mass is 32.2. The Labute approximate surface area is 138 Å². The minimum Gasteiger partial charge on any atom is -0.314 e. The second-order valence-corrected chi connectivity index (χ2v) is 9.22. The van der Waals surface area contributed by atoms with Crippen molar-refractivity contribution in [3.8, 4) is 0 Å². The molecular formula is C17H24N2O3S. The topological polar surface area (TPSA) is 57.7 Å². The number of carbonyl (C=O) groups is 1. The van der Waals surface area contributed by atoms with Crippen molar-refractivity contribution in [1.29, 1.82) is 0 Å². The van der Waals surface area contributed by atoms with Crippen LogP contribution in [0.4, 0.5) is 5.69 Å². The van der Waals surface area contributed by atoms with E-state index in [9.17, 15) is 13.2 Å². The first kappa shape index (κ1) is 16.5. The van der Waals surface area contributed by atoms with Crippen molar-refractivity contribution < 1.29 is 13.2 Å². The maximum Gasteiger partial charge on any atom is 0.243 e. The van der Waals surface area contributed by atoms with Crippen molar-refractivity contribution in [3.05, 3.63) is 23.8 Å². The summed E-state index contributed by atoms with van der Waals surface area (Å²) < 4.78 is 27.4. The minimum atomic E-state index is -3.50. The molecule has 0 unspecified atom stereocenters. The van der Waals surface area contributed by atoms with E-state index in [4.69, 9.17) is 0 Å². The number of benzene rings is 1. The van der Waals surface area contributed by atoms with Crippen LogP contribution in [0.1, 0.15) is 39.2 Å². The van der Waals surface area contributed by atoms with Crippen LogP contribution in [0.15, 0.2) is 23.1 Å². The van der Waals surface area contributed by atoms with Gasteiger partial charge in [-0.2, -0.15) is 4.31 Å². The van der Waals surface area contributed by atoms with Crippen LogP contribution in [0.2, 0.25) is 0 Å². The summed E-state index contributed by atoms with van der Waals surface area (Å²) in [5.74, 6) is 0.380. The maximum atomic E-state index is 12.9. The molecule has 0 saturated carbocycles. The Kier molecular flexibility index (Phi) is 3.80. The zero-order valence-electron chi connectivity index (χ0n) is 14.2. The van der Waals surface area contributed by atoms with Crippen molar-refractivity contribution >= 4 is 21.6 Å². The van der Waals surface area contributed by atoms with Crippen molar-refractivity contribution in [2.45, 2.75) is 43.9 Å². The van der Waals surface area contributed by atoms with Crippen LogP contribution in [0.25, 0.3) is 0 Å². The minimum absolute atomic E-state index is 0.00589. The molecule has 2 aliphatic rings. The van der Waals surface area contributed by atoms with E-state index >= 15 is 0 Å². The summed E-state index contributed by atoms with van der Waals surface area (Å²) in [6.45, 7) is 6.92. The number of hydrogen-bond donors (Lipinski definition) is 0. The smallest absolute Gasteiger partial charge is 0.243 e. The van der Waals surface area contributed by atoms with Crippen LogP contribution in [-0.2, 0) is 20.2 Å². The zero-order valence-corrected chi connectivity index (χ0v) is 15.0. The Hall–Kier alpha value is -1.40. The number of sulfonamides is 1. The van der Waals surface area contributed by atoms with Crippen LogP contribution in [-0.4, -0.2) is 38.8 Å². The highest BCUT2D eigenvalue weighted by molar-refractivity contribution is 7.89. The van der Waals surface area contributed by atoms with E-state index in [0.29, 0.717) is 23.9 Å². The second kappa shape index (κ2) is 5.31. The number of likely N-dealkylation sites (N-methyl/N-ethyl adjacent to an activating group) is 1. The number of piperidine rings is 1. The molecule has 1 amide bonds. The molecule has 126 valence electrons. The van der Waals surface area contributed by atoms with Crippen LogP contribution < -0.4 is 4.90 Å². The molecule has 1 saturated heterocycles. The van der Waals surface area contributed by atoms with Crippen molar-refractivity contribution in [1.82, 2.24) is 4.31 Å². The van der Waals surface area contributed by atoms with Gasteiger partial charge in [-0.15, -0.1) is 0 Å². The third-order valence-corrected chi connectivity index (χ3v) is 6.96. The fraction of sp³-hybridized carbons (Fsp3) is 0.588. The highest BCUT2D eigenvalue weighted by Crippen LogP contribution is 2.42. The predicted molar refractivity (Wildman–Crippen MR) is 90.0 cm³/mol. The Morgan fingerprint density at radius 1 is 1.26 bits per heavy atom. The molecular weight excluding hydrogens is 312 g/mol. The van der Waals surface area contributed by atoms with Gasteiger partial charge in [-0.3, -0.25) is 4.79 Å². The first-order valence-electron chi connectivity index (χ1n) is 8.08. The third kappa shape index (κ3) is 2.48. The number of anilines is 1. The van der Waals surface area contributed by atoms with Gasteiger partial charge in [0.25, 0.3) is 0 Å². The van der Waals surface area contributed by atoms with Crippen LogP contribution in [0.5, 0.6) is 0 Å². The lowest BCUT2D eigenvalue weighted by Gasteiger charge is -2.30. The van der Waals surface area contributed by atoms with E-state index in [1.54, 1.807) is 34.5 Å². The van der Waals surface area contributed by atoms with Gasteiger partial charge >= 0.3 is 0 Å².